The number of benzene rings is 1. The predicted octanol–water partition coefficient (Wildman–Crippen LogP) is 2.38. The molecule has 2 aromatic rings. The number of aromatic amines is 1. The summed E-state index contributed by atoms with van der Waals surface area (Å²) in [6, 6.07) is 4.61. The first-order chi connectivity index (χ1) is 8.13. The lowest BCUT2D eigenvalue weighted by atomic mass is 10.1. The van der Waals surface area contributed by atoms with Crippen molar-refractivity contribution in [2.24, 2.45) is 5.73 Å². The minimum absolute atomic E-state index is 0.315. The van der Waals surface area contributed by atoms with Crippen LogP contribution in [0.25, 0.3) is 10.9 Å². The number of hydrogen-bond donors (Lipinski definition) is 2. The molecule has 4 nitrogen and oxygen atoms in total. The van der Waals surface area contributed by atoms with E-state index in [1.165, 1.54) is 0 Å². The minimum Gasteiger partial charge on any atom is -0.465 e. The second kappa shape index (κ2) is 4.77. The van der Waals surface area contributed by atoms with Crippen molar-refractivity contribution in [3.8, 4) is 0 Å². The summed E-state index contributed by atoms with van der Waals surface area (Å²) < 4.78 is 4.90. The molecule has 3 N–H and O–H groups in total. The summed E-state index contributed by atoms with van der Waals surface area (Å²) in [6.45, 7) is 2.06. The van der Waals surface area contributed by atoms with Crippen LogP contribution >= 0.6 is 11.6 Å². The third-order valence-corrected chi connectivity index (χ3v) is 2.79. The number of H-pyrrole nitrogens is 1. The van der Waals surface area contributed by atoms with Gasteiger partial charge in [-0.25, -0.2) is 4.79 Å². The Balaban J connectivity index is 2.41. The monoisotopic (exact) mass is 252 g/mol. The summed E-state index contributed by atoms with van der Waals surface area (Å²) in [5.41, 5.74) is 7.44. The van der Waals surface area contributed by atoms with E-state index < -0.39 is 12.0 Å². The highest BCUT2D eigenvalue weighted by atomic mass is 35.5. The van der Waals surface area contributed by atoms with E-state index in [9.17, 15) is 4.79 Å². The highest BCUT2D eigenvalue weighted by molar-refractivity contribution is 6.31. The molecule has 0 spiro atoms. The molecule has 0 amide bonds. The Morgan fingerprint density at radius 1 is 1.59 bits per heavy atom. The zero-order chi connectivity index (χ0) is 12.4. The highest BCUT2D eigenvalue weighted by Crippen LogP contribution is 2.26. The Bertz CT molecular complexity index is 550. The number of rotatable bonds is 3. The highest BCUT2D eigenvalue weighted by Gasteiger charge is 2.20. The van der Waals surface area contributed by atoms with E-state index in [0.717, 1.165) is 10.9 Å². The van der Waals surface area contributed by atoms with Gasteiger partial charge in [0, 0.05) is 27.7 Å². The SMILES string of the molecule is CCOC(=O)C(N)c1c[nH]c2ccc(Cl)cc12. The molecular formula is C12H13ClN2O2. The number of carbonyl (C=O) groups excluding carboxylic acids is 1. The number of esters is 1. The Kier molecular flexibility index (Phi) is 3.36. The third kappa shape index (κ3) is 2.28. The molecule has 0 fully saturated rings. The molecular weight excluding hydrogens is 240 g/mol. The number of aromatic nitrogens is 1. The van der Waals surface area contributed by atoms with Crippen LogP contribution in [-0.4, -0.2) is 17.6 Å². The van der Waals surface area contributed by atoms with Crippen LogP contribution < -0.4 is 5.73 Å². The largest absolute Gasteiger partial charge is 0.465 e. The third-order valence-electron chi connectivity index (χ3n) is 2.55. The minimum atomic E-state index is -0.790. The molecule has 90 valence electrons. The summed E-state index contributed by atoms with van der Waals surface area (Å²) in [6.07, 6.45) is 1.71. The van der Waals surface area contributed by atoms with Gasteiger partial charge in [-0.2, -0.15) is 0 Å². The molecule has 1 aromatic carbocycles. The number of nitrogens with two attached hydrogens (primary N) is 1. The van der Waals surface area contributed by atoms with Crippen LogP contribution in [0, 0.1) is 0 Å². The fourth-order valence-electron chi connectivity index (χ4n) is 1.73. The van der Waals surface area contributed by atoms with Gasteiger partial charge in [-0.05, 0) is 25.1 Å². The van der Waals surface area contributed by atoms with Gasteiger partial charge in [0.25, 0.3) is 0 Å². The van der Waals surface area contributed by atoms with Crippen LogP contribution in [0.3, 0.4) is 0 Å². The number of halogens is 1. The van der Waals surface area contributed by atoms with Crippen LogP contribution in [0.5, 0.6) is 0 Å². The molecule has 0 saturated carbocycles. The van der Waals surface area contributed by atoms with Gasteiger partial charge in [0.05, 0.1) is 6.61 Å². The Hall–Kier alpha value is -1.52. The number of fused-ring (bicyclic) bond motifs is 1. The molecule has 0 radical (unpaired) electrons. The van der Waals surface area contributed by atoms with Crippen molar-refractivity contribution in [1.82, 2.24) is 4.98 Å². The lowest BCUT2D eigenvalue weighted by Gasteiger charge is -2.09. The topological polar surface area (TPSA) is 68.1 Å². The first-order valence-corrected chi connectivity index (χ1v) is 5.70. The van der Waals surface area contributed by atoms with E-state index in [0.29, 0.717) is 17.2 Å². The van der Waals surface area contributed by atoms with E-state index in [4.69, 9.17) is 22.1 Å². The van der Waals surface area contributed by atoms with Crippen molar-refractivity contribution in [1.29, 1.82) is 0 Å². The van der Waals surface area contributed by atoms with Crippen LogP contribution in [-0.2, 0) is 9.53 Å². The van der Waals surface area contributed by atoms with Gasteiger partial charge < -0.3 is 15.5 Å². The van der Waals surface area contributed by atoms with E-state index in [1.54, 1.807) is 25.3 Å². The molecule has 1 heterocycles. The van der Waals surface area contributed by atoms with Gasteiger partial charge in [0.15, 0.2) is 0 Å². The van der Waals surface area contributed by atoms with Crippen LogP contribution in [0.15, 0.2) is 24.4 Å². The van der Waals surface area contributed by atoms with Gasteiger partial charge >= 0.3 is 5.97 Å². The Morgan fingerprint density at radius 3 is 3.06 bits per heavy atom. The van der Waals surface area contributed by atoms with Crippen molar-refractivity contribution in [2.45, 2.75) is 13.0 Å². The van der Waals surface area contributed by atoms with Gasteiger partial charge in [-0.3, -0.25) is 0 Å². The summed E-state index contributed by atoms with van der Waals surface area (Å²) in [5.74, 6) is -0.437. The van der Waals surface area contributed by atoms with Crippen molar-refractivity contribution in [2.75, 3.05) is 6.61 Å². The zero-order valence-electron chi connectivity index (χ0n) is 9.37. The van der Waals surface area contributed by atoms with Crippen LogP contribution in [0.1, 0.15) is 18.5 Å². The average Bonchev–Trinajstić information content (AvgIpc) is 2.71. The molecule has 1 unspecified atom stereocenters. The molecule has 5 heteroatoms. The molecule has 1 aromatic heterocycles. The summed E-state index contributed by atoms with van der Waals surface area (Å²) in [7, 11) is 0. The standard InChI is InChI=1S/C12H13ClN2O2/c1-2-17-12(16)11(14)9-6-15-10-4-3-7(13)5-8(9)10/h3-6,11,15H,2,14H2,1H3. The Morgan fingerprint density at radius 2 is 2.35 bits per heavy atom. The molecule has 0 aliphatic heterocycles. The maximum atomic E-state index is 11.6. The van der Waals surface area contributed by atoms with Crippen molar-refractivity contribution in [3.05, 3.63) is 35.0 Å². The second-order valence-electron chi connectivity index (χ2n) is 3.66. The predicted molar refractivity (Wildman–Crippen MR) is 66.9 cm³/mol. The molecule has 0 aliphatic carbocycles. The van der Waals surface area contributed by atoms with E-state index in [2.05, 4.69) is 4.98 Å². The van der Waals surface area contributed by atoms with E-state index >= 15 is 0 Å². The molecule has 0 saturated heterocycles. The van der Waals surface area contributed by atoms with Crippen LogP contribution in [0.4, 0.5) is 0 Å². The molecule has 1 atom stereocenters. The zero-order valence-corrected chi connectivity index (χ0v) is 10.1. The smallest absolute Gasteiger partial charge is 0.327 e. The molecule has 2 rings (SSSR count). The van der Waals surface area contributed by atoms with Crippen molar-refractivity contribution in [3.63, 3.8) is 0 Å². The number of ether oxygens (including phenoxy) is 1. The summed E-state index contributed by atoms with van der Waals surface area (Å²) in [5, 5.41) is 1.45. The quantitative estimate of drug-likeness (QED) is 0.824. The van der Waals surface area contributed by atoms with Gasteiger partial charge in [-0.1, -0.05) is 11.6 Å². The molecule has 0 aliphatic rings. The Labute approximate surface area is 104 Å². The van der Waals surface area contributed by atoms with E-state index in [-0.39, 0.29) is 0 Å². The first-order valence-electron chi connectivity index (χ1n) is 5.32. The fourth-order valence-corrected chi connectivity index (χ4v) is 1.90. The summed E-state index contributed by atoms with van der Waals surface area (Å²) in [4.78, 5) is 14.6. The molecule has 17 heavy (non-hydrogen) atoms. The lowest BCUT2D eigenvalue weighted by Crippen LogP contribution is -2.23. The number of carbonyl (C=O) groups is 1. The van der Waals surface area contributed by atoms with E-state index in [1.807, 2.05) is 6.07 Å². The lowest BCUT2D eigenvalue weighted by molar-refractivity contribution is -0.144. The van der Waals surface area contributed by atoms with Crippen molar-refractivity contribution >= 4 is 28.5 Å². The second-order valence-corrected chi connectivity index (χ2v) is 4.10. The first kappa shape index (κ1) is 12.0. The number of hydrogen-bond acceptors (Lipinski definition) is 3. The maximum absolute atomic E-state index is 11.6. The van der Waals surface area contributed by atoms with Gasteiger partial charge in [-0.15, -0.1) is 0 Å². The molecule has 0 bridgehead atoms. The summed E-state index contributed by atoms with van der Waals surface area (Å²) >= 11 is 5.92. The van der Waals surface area contributed by atoms with Gasteiger partial charge in [0.1, 0.15) is 6.04 Å². The van der Waals surface area contributed by atoms with Gasteiger partial charge in [0.2, 0.25) is 0 Å². The fraction of sp³-hybridized carbons (Fsp3) is 0.250. The van der Waals surface area contributed by atoms with Crippen LogP contribution in [0.2, 0.25) is 5.02 Å². The van der Waals surface area contributed by atoms with Crippen molar-refractivity contribution < 1.29 is 9.53 Å². The normalized spacial score (nSPS) is 12.6. The number of nitrogens with one attached hydrogen (secondary N) is 1. The maximum Gasteiger partial charge on any atom is 0.327 e. The average molecular weight is 253 g/mol.